The molecule has 4 rings (SSSR count). The molecule has 2 heterocycles. The number of hydrogen-bond donors (Lipinski definition) is 1. The number of nitrogens with one attached hydrogen (secondary N) is 1. The Morgan fingerprint density at radius 2 is 1.97 bits per heavy atom. The van der Waals surface area contributed by atoms with E-state index in [4.69, 9.17) is 10.1 Å². The number of thioether (sulfide) groups is 1. The maximum absolute atomic E-state index is 13.7. The molecular formula is C22H19FN4O2S. The first-order valence-electron chi connectivity index (χ1n) is 9.50. The summed E-state index contributed by atoms with van der Waals surface area (Å²) >= 11 is 1.34. The van der Waals surface area contributed by atoms with Gasteiger partial charge in [0.1, 0.15) is 23.2 Å². The van der Waals surface area contributed by atoms with Crippen LogP contribution in [0.25, 0.3) is 6.08 Å². The highest BCUT2D eigenvalue weighted by atomic mass is 32.2. The number of aliphatic imine (C=N–C) groups is 1. The zero-order valence-corrected chi connectivity index (χ0v) is 17.1. The van der Waals surface area contributed by atoms with E-state index in [2.05, 4.69) is 10.1 Å². The van der Waals surface area contributed by atoms with Gasteiger partial charge < -0.3 is 4.74 Å². The molecule has 1 amide bonds. The van der Waals surface area contributed by atoms with Crippen molar-refractivity contribution in [3.8, 4) is 5.75 Å². The number of ether oxygens (including phenoxy) is 1. The van der Waals surface area contributed by atoms with Crippen molar-refractivity contribution in [1.29, 1.82) is 5.41 Å². The number of fused-ring (bicyclic) bond motifs is 1. The smallest absolute Gasteiger partial charge is 0.283 e. The number of amidine groups is 2. The van der Waals surface area contributed by atoms with Crippen LogP contribution in [0, 0.1) is 11.2 Å². The normalized spacial score (nSPS) is 17.1. The first-order chi connectivity index (χ1) is 14.5. The van der Waals surface area contributed by atoms with Crippen molar-refractivity contribution in [2.75, 3.05) is 0 Å². The van der Waals surface area contributed by atoms with Crippen molar-refractivity contribution in [3.05, 3.63) is 71.0 Å². The third kappa shape index (κ3) is 4.18. The van der Waals surface area contributed by atoms with Crippen LogP contribution in [0.1, 0.15) is 30.9 Å². The first kappa shape index (κ1) is 20.0. The standard InChI is InChI=1S/C22H19FN4O2S/c1-2-5-19-26-27-20(24)17(21(28)25-22(27)30-19)12-14-8-10-16(11-9-14)29-13-15-6-3-4-7-18(15)23/h3-4,6-12,24H,2,5,13H2,1H3/b17-12-,24-20?. The van der Waals surface area contributed by atoms with E-state index in [0.29, 0.717) is 16.5 Å². The number of hydrogen-bond acceptors (Lipinski definition) is 5. The summed E-state index contributed by atoms with van der Waals surface area (Å²) in [6, 6.07) is 13.5. The molecule has 1 N–H and O–H groups in total. The van der Waals surface area contributed by atoms with Crippen LogP contribution >= 0.6 is 11.8 Å². The van der Waals surface area contributed by atoms with Crippen LogP contribution in [0.5, 0.6) is 5.75 Å². The topological polar surface area (TPSA) is 78.1 Å². The molecule has 0 saturated carbocycles. The predicted octanol–water partition coefficient (Wildman–Crippen LogP) is 4.82. The minimum atomic E-state index is -0.452. The fraction of sp³-hybridized carbons (Fsp3) is 0.182. The summed E-state index contributed by atoms with van der Waals surface area (Å²) < 4.78 is 19.3. The Hall–Kier alpha value is -3.26. The van der Waals surface area contributed by atoms with Crippen LogP contribution in [-0.2, 0) is 11.4 Å². The maximum atomic E-state index is 13.7. The summed E-state index contributed by atoms with van der Waals surface area (Å²) in [6.45, 7) is 2.17. The summed E-state index contributed by atoms with van der Waals surface area (Å²) in [7, 11) is 0. The van der Waals surface area contributed by atoms with Crippen molar-refractivity contribution < 1.29 is 13.9 Å². The minimum Gasteiger partial charge on any atom is -0.489 e. The van der Waals surface area contributed by atoms with Gasteiger partial charge in [0.15, 0.2) is 5.84 Å². The Balaban J connectivity index is 1.48. The number of carbonyl (C=O) groups excluding carboxylic acids is 1. The lowest BCUT2D eigenvalue weighted by Crippen LogP contribution is -2.35. The Morgan fingerprint density at radius 1 is 1.20 bits per heavy atom. The number of benzene rings is 2. The van der Waals surface area contributed by atoms with E-state index in [1.54, 1.807) is 48.5 Å². The van der Waals surface area contributed by atoms with E-state index in [0.717, 1.165) is 23.4 Å². The summed E-state index contributed by atoms with van der Waals surface area (Å²) in [5, 5.41) is 15.5. The largest absolute Gasteiger partial charge is 0.489 e. The van der Waals surface area contributed by atoms with Crippen molar-refractivity contribution in [1.82, 2.24) is 5.01 Å². The van der Waals surface area contributed by atoms with E-state index in [-0.39, 0.29) is 23.8 Å². The molecule has 8 heteroatoms. The molecule has 0 unspecified atom stereocenters. The number of carbonyl (C=O) groups is 1. The molecule has 0 saturated heterocycles. The number of rotatable bonds is 6. The molecule has 0 aromatic heterocycles. The minimum absolute atomic E-state index is 0.0171. The molecule has 0 atom stereocenters. The molecule has 0 aliphatic carbocycles. The van der Waals surface area contributed by atoms with Gasteiger partial charge in [-0.1, -0.05) is 37.3 Å². The Kier molecular flexibility index (Phi) is 5.76. The van der Waals surface area contributed by atoms with Crippen LogP contribution in [-0.4, -0.2) is 27.0 Å². The molecule has 2 aliphatic rings. The molecular weight excluding hydrogens is 403 g/mol. The van der Waals surface area contributed by atoms with Gasteiger partial charge in [0.05, 0.1) is 5.57 Å². The van der Waals surface area contributed by atoms with Gasteiger partial charge >= 0.3 is 0 Å². The average Bonchev–Trinajstić information content (AvgIpc) is 3.14. The van der Waals surface area contributed by atoms with Crippen molar-refractivity contribution >= 4 is 39.8 Å². The van der Waals surface area contributed by atoms with Crippen LogP contribution in [0.15, 0.2) is 64.2 Å². The van der Waals surface area contributed by atoms with E-state index >= 15 is 0 Å². The van der Waals surface area contributed by atoms with E-state index < -0.39 is 5.91 Å². The summed E-state index contributed by atoms with van der Waals surface area (Å²) in [6.07, 6.45) is 3.33. The number of nitrogens with zero attached hydrogens (tertiary/aromatic N) is 3. The lowest BCUT2D eigenvalue weighted by molar-refractivity contribution is -0.114. The predicted molar refractivity (Wildman–Crippen MR) is 117 cm³/mol. The molecule has 2 aromatic rings. The highest BCUT2D eigenvalue weighted by Gasteiger charge is 2.35. The van der Waals surface area contributed by atoms with Gasteiger partial charge in [0, 0.05) is 5.56 Å². The number of hydrazone groups is 1. The molecule has 2 aromatic carbocycles. The van der Waals surface area contributed by atoms with Crippen molar-refractivity contribution in [2.24, 2.45) is 10.1 Å². The lowest BCUT2D eigenvalue weighted by Gasteiger charge is -2.20. The molecule has 0 radical (unpaired) electrons. The third-order valence-electron chi connectivity index (χ3n) is 4.50. The van der Waals surface area contributed by atoms with Gasteiger partial charge in [0.2, 0.25) is 5.17 Å². The van der Waals surface area contributed by atoms with Gasteiger partial charge in [-0.3, -0.25) is 10.2 Å². The van der Waals surface area contributed by atoms with E-state index in [9.17, 15) is 9.18 Å². The SMILES string of the molecule is CCCC1=NN2C(=N)/C(=C/c3ccc(OCc4ccccc4F)cc3)C(=O)N=C2S1. The van der Waals surface area contributed by atoms with Gasteiger partial charge in [-0.05, 0) is 54.4 Å². The van der Waals surface area contributed by atoms with Gasteiger partial charge in [-0.15, -0.1) is 0 Å². The second-order valence-electron chi connectivity index (χ2n) is 6.71. The summed E-state index contributed by atoms with van der Waals surface area (Å²) in [4.78, 5) is 16.5. The monoisotopic (exact) mass is 422 g/mol. The van der Waals surface area contributed by atoms with Crippen molar-refractivity contribution in [2.45, 2.75) is 26.4 Å². The molecule has 6 nitrogen and oxygen atoms in total. The number of halogens is 1. The van der Waals surface area contributed by atoms with Crippen LogP contribution in [0.4, 0.5) is 4.39 Å². The number of amides is 1. The average molecular weight is 422 g/mol. The fourth-order valence-corrected chi connectivity index (χ4v) is 3.94. The fourth-order valence-electron chi connectivity index (χ4n) is 2.95. The first-order valence-corrected chi connectivity index (χ1v) is 10.3. The van der Waals surface area contributed by atoms with Gasteiger partial charge in [-0.25, -0.2) is 4.39 Å². The summed E-state index contributed by atoms with van der Waals surface area (Å²) in [5.74, 6) is -0.163. The molecule has 30 heavy (non-hydrogen) atoms. The highest BCUT2D eigenvalue weighted by Crippen LogP contribution is 2.30. The van der Waals surface area contributed by atoms with Crippen molar-refractivity contribution in [3.63, 3.8) is 0 Å². The Morgan fingerprint density at radius 3 is 2.70 bits per heavy atom. The quantitative estimate of drug-likeness (QED) is 0.677. The maximum Gasteiger partial charge on any atom is 0.283 e. The molecule has 152 valence electrons. The van der Waals surface area contributed by atoms with E-state index in [1.807, 2.05) is 6.92 Å². The molecule has 0 fully saturated rings. The second-order valence-corrected chi connectivity index (χ2v) is 7.75. The second kappa shape index (κ2) is 8.62. The zero-order valence-electron chi connectivity index (χ0n) is 16.3. The Bertz CT molecular complexity index is 1090. The van der Waals surface area contributed by atoms with Crippen LogP contribution in [0.3, 0.4) is 0 Å². The van der Waals surface area contributed by atoms with Gasteiger partial charge in [0.25, 0.3) is 5.91 Å². The third-order valence-corrected chi connectivity index (χ3v) is 5.47. The lowest BCUT2D eigenvalue weighted by atomic mass is 10.1. The zero-order chi connectivity index (χ0) is 21.1. The highest BCUT2D eigenvalue weighted by molar-refractivity contribution is 8.26. The van der Waals surface area contributed by atoms with Crippen LogP contribution < -0.4 is 4.74 Å². The molecule has 2 aliphatic heterocycles. The van der Waals surface area contributed by atoms with Gasteiger partial charge in [-0.2, -0.15) is 15.1 Å². The Labute approximate surface area is 177 Å². The van der Waals surface area contributed by atoms with Crippen LogP contribution in [0.2, 0.25) is 0 Å². The summed E-state index contributed by atoms with van der Waals surface area (Å²) in [5.41, 5.74) is 1.38. The molecule has 0 bridgehead atoms. The molecule has 0 spiro atoms. The van der Waals surface area contributed by atoms with E-state index in [1.165, 1.54) is 22.8 Å².